The van der Waals surface area contributed by atoms with Crippen LogP contribution in [0.4, 0.5) is 14.5 Å². The minimum absolute atomic E-state index is 0.00818. The van der Waals surface area contributed by atoms with Gasteiger partial charge in [0.2, 0.25) is 10.0 Å². The fourth-order valence-electron chi connectivity index (χ4n) is 2.09. The minimum atomic E-state index is -3.41. The molecule has 8 heteroatoms. The van der Waals surface area contributed by atoms with Gasteiger partial charge in [-0.05, 0) is 42.8 Å². The molecule has 24 heavy (non-hydrogen) atoms. The molecule has 1 unspecified atom stereocenters. The van der Waals surface area contributed by atoms with Crippen LogP contribution >= 0.6 is 0 Å². The predicted octanol–water partition coefficient (Wildman–Crippen LogP) is 2.83. The normalized spacial score (nSPS) is 12.5. The highest BCUT2D eigenvalue weighted by atomic mass is 32.2. The van der Waals surface area contributed by atoms with E-state index in [1.807, 2.05) is 0 Å². The third-order valence-electron chi connectivity index (χ3n) is 3.22. The summed E-state index contributed by atoms with van der Waals surface area (Å²) in [6.45, 7) is 1.69. The molecule has 0 saturated carbocycles. The Balaban J connectivity index is 2.14. The maximum absolute atomic E-state index is 13.2. The molecular formula is C16H16F2N2O3S. The molecule has 0 saturated heterocycles. The number of anilines is 1. The zero-order chi connectivity index (χ0) is 17.9. The Morgan fingerprint density at radius 2 is 1.79 bits per heavy atom. The lowest BCUT2D eigenvalue weighted by molar-refractivity contribution is 0.0939. The molecule has 2 rings (SSSR count). The maximum Gasteiger partial charge on any atom is 0.251 e. The monoisotopic (exact) mass is 354 g/mol. The Bertz CT molecular complexity index is 869. The van der Waals surface area contributed by atoms with E-state index in [1.165, 1.54) is 6.07 Å². The first-order valence-corrected chi connectivity index (χ1v) is 8.88. The third kappa shape index (κ3) is 4.76. The topological polar surface area (TPSA) is 75.3 Å². The number of hydrogen-bond acceptors (Lipinski definition) is 3. The van der Waals surface area contributed by atoms with Gasteiger partial charge in [-0.2, -0.15) is 0 Å². The number of nitrogens with one attached hydrogen (secondary N) is 2. The van der Waals surface area contributed by atoms with Crippen molar-refractivity contribution in [1.29, 1.82) is 0 Å². The van der Waals surface area contributed by atoms with E-state index in [-0.39, 0.29) is 5.56 Å². The van der Waals surface area contributed by atoms with Crippen molar-refractivity contribution in [3.63, 3.8) is 0 Å². The van der Waals surface area contributed by atoms with Crippen molar-refractivity contribution in [3.8, 4) is 0 Å². The second kappa shape index (κ2) is 6.96. The second-order valence-electron chi connectivity index (χ2n) is 5.32. The lowest BCUT2D eigenvalue weighted by Crippen LogP contribution is -2.26. The minimum Gasteiger partial charge on any atom is -0.346 e. The summed E-state index contributed by atoms with van der Waals surface area (Å²) in [5, 5.41) is 2.64. The zero-order valence-corrected chi connectivity index (χ0v) is 13.8. The Morgan fingerprint density at radius 3 is 2.42 bits per heavy atom. The van der Waals surface area contributed by atoms with Crippen molar-refractivity contribution < 1.29 is 22.0 Å². The first-order valence-electron chi connectivity index (χ1n) is 6.99. The Kier molecular flexibility index (Phi) is 5.18. The van der Waals surface area contributed by atoms with Crippen molar-refractivity contribution in [2.24, 2.45) is 0 Å². The largest absolute Gasteiger partial charge is 0.346 e. The molecule has 0 radical (unpaired) electrons. The molecule has 1 atom stereocenters. The van der Waals surface area contributed by atoms with Crippen LogP contribution in [0.3, 0.4) is 0 Å². The summed E-state index contributed by atoms with van der Waals surface area (Å²) in [4.78, 5) is 12.1. The summed E-state index contributed by atoms with van der Waals surface area (Å²) in [6, 6.07) is 8.93. The predicted molar refractivity (Wildman–Crippen MR) is 87.1 cm³/mol. The van der Waals surface area contributed by atoms with E-state index in [0.29, 0.717) is 11.3 Å². The highest BCUT2D eigenvalue weighted by molar-refractivity contribution is 7.92. The highest BCUT2D eigenvalue weighted by Gasteiger charge is 2.14. The number of halogens is 2. The molecule has 2 aromatic rings. The van der Waals surface area contributed by atoms with Gasteiger partial charge in [0.15, 0.2) is 11.6 Å². The fourth-order valence-corrected chi connectivity index (χ4v) is 2.64. The van der Waals surface area contributed by atoms with Crippen LogP contribution in [-0.2, 0) is 10.0 Å². The van der Waals surface area contributed by atoms with Crippen LogP contribution < -0.4 is 10.0 Å². The number of benzene rings is 2. The van der Waals surface area contributed by atoms with Gasteiger partial charge in [-0.15, -0.1) is 0 Å². The van der Waals surface area contributed by atoms with E-state index in [2.05, 4.69) is 10.0 Å². The van der Waals surface area contributed by atoms with Crippen LogP contribution in [0.5, 0.6) is 0 Å². The molecule has 0 aliphatic rings. The first kappa shape index (κ1) is 17.9. The van der Waals surface area contributed by atoms with Gasteiger partial charge >= 0.3 is 0 Å². The number of sulfonamides is 1. The summed E-state index contributed by atoms with van der Waals surface area (Å²) >= 11 is 0. The number of carbonyl (C=O) groups excluding carboxylic acids is 1. The molecule has 128 valence electrons. The number of amides is 1. The lowest BCUT2D eigenvalue weighted by Gasteiger charge is -2.16. The average molecular weight is 354 g/mol. The standard InChI is InChI=1S/C16H16F2N2O3S/c1-10(11-4-3-5-13(8-11)20-24(2,22)23)19-16(21)12-6-7-14(17)15(18)9-12/h3-10,20H,1-2H3,(H,19,21). The summed E-state index contributed by atoms with van der Waals surface area (Å²) in [7, 11) is -3.41. The highest BCUT2D eigenvalue weighted by Crippen LogP contribution is 2.19. The van der Waals surface area contributed by atoms with Crippen LogP contribution in [0.25, 0.3) is 0 Å². The maximum atomic E-state index is 13.2. The van der Waals surface area contributed by atoms with Gasteiger partial charge in [-0.1, -0.05) is 12.1 Å². The van der Waals surface area contributed by atoms with Gasteiger partial charge in [0, 0.05) is 11.3 Å². The van der Waals surface area contributed by atoms with Crippen LogP contribution in [0.15, 0.2) is 42.5 Å². The Labute approximate surface area is 138 Å². The summed E-state index contributed by atoms with van der Waals surface area (Å²) in [5.41, 5.74) is 1.01. The van der Waals surface area contributed by atoms with Crippen molar-refractivity contribution in [2.45, 2.75) is 13.0 Å². The molecule has 0 fully saturated rings. The molecule has 0 heterocycles. The van der Waals surface area contributed by atoms with Gasteiger partial charge in [-0.25, -0.2) is 17.2 Å². The van der Waals surface area contributed by atoms with E-state index >= 15 is 0 Å². The molecule has 0 aromatic heterocycles. The van der Waals surface area contributed by atoms with Crippen LogP contribution in [0.1, 0.15) is 28.9 Å². The van der Waals surface area contributed by atoms with E-state index in [0.717, 1.165) is 18.4 Å². The first-order chi connectivity index (χ1) is 11.2. The molecule has 0 aliphatic carbocycles. The van der Waals surface area contributed by atoms with Gasteiger partial charge in [0.05, 0.1) is 12.3 Å². The second-order valence-corrected chi connectivity index (χ2v) is 7.07. The number of rotatable bonds is 5. The van der Waals surface area contributed by atoms with Gasteiger partial charge in [0.1, 0.15) is 0 Å². The van der Waals surface area contributed by atoms with Crippen molar-refractivity contribution in [1.82, 2.24) is 5.32 Å². The third-order valence-corrected chi connectivity index (χ3v) is 3.83. The Morgan fingerprint density at radius 1 is 1.08 bits per heavy atom. The van der Waals surface area contributed by atoms with Crippen molar-refractivity contribution in [3.05, 3.63) is 65.2 Å². The van der Waals surface area contributed by atoms with Gasteiger partial charge in [-0.3, -0.25) is 9.52 Å². The summed E-state index contributed by atoms with van der Waals surface area (Å²) in [6.07, 6.45) is 1.04. The molecule has 5 nitrogen and oxygen atoms in total. The fraction of sp³-hybridized carbons (Fsp3) is 0.188. The lowest BCUT2D eigenvalue weighted by atomic mass is 10.1. The molecule has 0 aliphatic heterocycles. The quantitative estimate of drug-likeness (QED) is 0.867. The zero-order valence-electron chi connectivity index (χ0n) is 13.0. The van der Waals surface area contributed by atoms with E-state index in [4.69, 9.17) is 0 Å². The number of carbonyl (C=O) groups is 1. The van der Waals surface area contributed by atoms with Crippen LogP contribution in [-0.4, -0.2) is 20.6 Å². The molecule has 0 spiro atoms. The van der Waals surface area contributed by atoms with Crippen molar-refractivity contribution >= 4 is 21.6 Å². The molecule has 2 N–H and O–H groups in total. The number of hydrogen-bond donors (Lipinski definition) is 2. The average Bonchev–Trinajstić information content (AvgIpc) is 2.48. The smallest absolute Gasteiger partial charge is 0.251 e. The summed E-state index contributed by atoms with van der Waals surface area (Å²) < 4.78 is 51.0. The molecule has 1 amide bonds. The van der Waals surface area contributed by atoms with Gasteiger partial charge in [0.25, 0.3) is 5.91 Å². The molecule has 0 bridgehead atoms. The molecular weight excluding hydrogens is 338 g/mol. The molecule has 2 aromatic carbocycles. The van der Waals surface area contributed by atoms with E-state index in [1.54, 1.807) is 31.2 Å². The Hall–Kier alpha value is -2.48. The van der Waals surface area contributed by atoms with Crippen molar-refractivity contribution in [2.75, 3.05) is 11.0 Å². The SMILES string of the molecule is CC(NC(=O)c1ccc(F)c(F)c1)c1cccc(NS(C)(=O)=O)c1. The summed E-state index contributed by atoms with van der Waals surface area (Å²) in [5.74, 6) is -2.70. The van der Waals surface area contributed by atoms with Gasteiger partial charge < -0.3 is 5.32 Å². The van der Waals surface area contributed by atoms with Crippen LogP contribution in [0.2, 0.25) is 0 Å². The van der Waals surface area contributed by atoms with E-state index < -0.39 is 33.6 Å². The van der Waals surface area contributed by atoms with E-state index in [9.17, 15) is 22.0 Å². The van der Waals surface area contributed by atoms with Crippen LogP contribution in [0, 0.1) is 11.6 Å².